The molecule has 1 aromatic carbocycles. The van der Waals surface area contributed by atoms with Gasteiger partial charge in [0.05, 0.1) is 23.8 Å². The van der Waals surface area contributed by atoms with Gasteiger partial charge in [-0.25, -0.2) is 0 Å². The number of pyridine rings is 1. The molecule has 1 aliphatic rings. The number of fused-ring (bicyclic) bond motifs is 1. The number of hydrogen-bond acceptors (Lipinski definition) is 5. The lowest BCUT2D eigenvalue weighted by Crippen LogP contribution is -2.27. The summed E-state index contributed by atoms with van der Waals surface area (Å²) < 4.78 is 42.1. The molecule has 0 N–H and O–H groups in total. The van der Waals surface area contributed by atoms with Crippen molar-refractivity contribution >= 4 is 5.91 Å². The van der Waals surface area contributed by atoms with E-state index < -0.39 is 12.1 Å². The van der Waals surface area contributed by atoms with Crippen LogP contribution in [-0.4, -0.2) is 25.9 Å². The highest BCUT2D eigenvalue weighted by Gasteiger charge is 2.39. The first-order valence-corrected chi connectivity index (χ1v) is 8.10. The van der Waals surface area contributed by atoms with Crippen LogP contribution in [0.4, 0.5) is 13.2 Å². The van der Waals surface area contributed by atoms with Gasteiger partial charge in [-0.2, -0.15) is 18.2 Å². The van der Waals surface area contributed by atoms with E-state index in [0.29, 0.717) is 17.8 Å². The van der Waals surface area contributed by atoms with E-state index in [1.807, 2.05) is 37.3 Å². The molecule has 9 heteroatoms. The number of nitrogens with zero attached hydrogens (tertiary/aromatic N) is 4. The van der Waals surface area contributed by atoms with Crippen molar-refractivity contribution in [2.75, 3.05) is 0 Å². The molecule has 0 spiro atoms. The highest BCUT2D eigenvalue weighted by Crippen LogP contribution is 2.33. The van der Waals surface area contributed by atoms with E-state index in [4.69, 9.17) is 0 Å². The van der Waals surface area contributed by atoms with Crippen molar-refractivity contribution in [1.82, 2.24) is 20.0 Å². The van der Waals surface area contributed by atoms with Crippen molar-refractivity contribution in [2.24, 2.45) is 0 Å². The average Bonchev–Trinajstić information content (AvgIpc) is 3.27. The standard InChI is InChI=1S/C18H13F3N4O2/c1-10(11-5-3-2-4-6-11)25-9-14-13(16(25)26)7-12(8-22-14)15-23-17(27-24-15)18(19,20)21/h2-8,10H,9H2,1H3. The summed E-state index contributed by atoms with van der Waals surface area (Å²) in [4.78, 5) is 22.0. The summed E-state index contributed by atoms with van der Waals surface area (Å²) in [6.45, 7) is 2.24. The summed E-state index contributed by atoms with van der Waals surface area (Å²) in [5.41, 5.74) is 2.06. The van der Waals surface area contributed by atoms with E-state index in [1.165, 1.54) is 12.3 Å². The van der Waals surface area contributed by atoms with Crippen LogP contribution in [0.15, 0.2) is 47.1 Å². The van der Waals surface area contributed by atoms with Crippen molar-refractivity contribution in [1.29, 1.82) is 0 Å². The molecule has 0 saturated heterocycles. The normalized spacial score (nSPS) is 15.1. The van der Waals surface area contributed by atoms with Gasteiger partial charge in [0.2, 0.25) is 5.82 Å². The zero-order chi connectivity index (χ0) is 19.2. The number of carbonyl (C=O) groups excluding carboxylic acids is 1. The molecular formula is C18H13F3N4O2. The molecule has 1 atom stereocenters. The number of rotatable bonds is 3. The molecule has 0 fully saturated rings. The van der Waals surface area contributed by atoms with E-state index in [-0.39, 0.29) is 23.3 Å². The molecule has 0 radical (unpaired) electrons. The third-order valence-corrected chi connectivity index (χ3v) is 4.46. The smallest absolute Gasteiger partial charge is 0.329 e. The highest BCUT2D eigenvalue weighted by molar-refractivity contribution is 5.99. The molecule has 3 aromatic rings. The number of aromatic nitrogens is 3. The predicted molar refractivity (Wildman–Crippen MR) is 87.3 cm³/mol. The third-order valence-electron chi connectivity index (χ3n) is 4.46. The minimum Gasteiger partial charge on any atom is -0.329 e. The van der Waals surface area contributed by atoms with Gasteiger partial charge < -0.3 is 9.42 Å². The van der Waals surface area contributed by atoms with Crippen LogP contribution in [0.25, 0.3) is 11.4 Å². The fourth-order valence-corrected chi connectivity index (χ4v) is 2.99. The second-order valence-electron chi connectivity index (χ2n) is 6.16. The van der Waals surface area contributed by atoms with Gasteiger partial charge >= 0.3 is 12.1 Å². The van der Waals surface area contributed by atoms with Crippen LogP contribution in [0.2, 0.25) is 0 Å². The SMILES string of the molecule is CC(c1ccccc1)N1Cc2ncc(-c3noc(C(F)(F)F)n3)cc2C1=O. The third kappa shape index (κ3) is 3.05. The van der Waals surface area contributed by atoms with Crippen LogP contribution in [0.1, 0.15) is 40.5 Å². The fourth-order valence-electron chi connectivity index (χ4n) is 2.99. The topological polar surface area (TPSA) is 72.1 Å². The molecule has 1 amide bonds. The molecule has 0 saturated carbocycles. The Morgan fingerprint density at radius 2 is 1.96 bits per heavy atom. The minimum atomic E-state index is -4.73. The summed E-state index contributed by atoms with van der Waals surface area (Å²) >= 11 is 0. The first-order chi connectivity index (χ1) is 12.8. The molecule has 0 aliphatic carbocycles. The van der Waals surface area contributed by atoms with Crippen molar-refractivity contribution in [3.8, 4) is 11.4 Å². The molecule has 0 bridgehead atoms. The van der Waals surface area contributed by atoms with Gasteiger partial charge in [-0.1, -0.05) is 35.5 Å². The van der Waals surface area contributed by atoms with Crippen molar-refractivity contribution < 1.29 is 22.5 Å². The van der Waals surface area contributed by atoms with Crippen LogP contribution in [0.3, 0.4) is 0 Å². The molecule has 2 aromatic heterocycles. The van der Waals surface area contributed by atoms with Crippen LogP contribution in [0, 0.1) is 0 Å². The summed E-state index contributed by atoms with van der Waals surface area (Å²) in [6, 6.07) is 10.8. The molecule has 1 aliphatic heterocycles. The van der Waals surface area contributed by atoms with Gasteiger partial charge in [-0.3, -0.25) is 9.78 Å². The Labute approximate surface area is 151 Å². The lowest BCUT2D eigenvalue weighted by Gasteiger charge is -2.24. The summed E-state index contributed by atoms with van der Waals surface area (Å²) in [7, 11) is 0. The summed E-state index contributed by atoms with van der Waals surface area (Å²) in [5.74, 6) is -1.95. The number of hydrogen-bond donors (Lipinski definition) is 0. The van der Waals surface area contributed by atoms with Crippen LogP contribution in [-0.2, 0) is 12.7 Å². The van der Waals surface area contributed by atoms with Gasteiger partial charge in [0.25, 0.3) is 5.91 Å². The maximum Gasteiger partial charge on any atom is 0.471 e. The monoisotopic (exact) mass is 374 g/mol. The molecule has 27 heavy (non-hydrogen) atoms. The first kappa shape index (κ1) is 17.2. The van der Waals surface area contributed by atoms with Gasteiger partial charge in [-0.15, -0.1) is 0 Å². The number of halogens is 3. The Bertz CT molecular complexity index is 1000. The van der Waals surface area contributed by atoms with Gasteiger partial charge in [0, 0.05) is 11.8 Å². The zero-order valence-electron chi connectivity index (χ0n) is 14.1. The van der Waals surface area contributed by atoms with Crippen molar-refractivity contribution in [3.05, 3.63) is 65.3 Å². The fraction of sp³-hybridized carbons (Fsp3) is 0.222. The number of amides is 1. The van der Waals surface area contributed by atoms with Crippen LogP contribution >= 0.6 is 0 Å². The maximum atomic E-state index is 12.8. The van der Waals surface area contributed by atoms with Crippen LogP contribution in [0.5, 0.6) is 0 Å². The van der Waals surface area contributed by atoms with E-state index in [0.717, 1.165) is 5.56 Å². The van der Waals surface area contributed by atoms with E-state index >= 15 is 0 Å². The second kappa shape index (κ2) is 6.19. The number of carbonyl (C=O) groups is 1. The van der Waals surface area contributed by atoms with Crippen LogP contribution < -0.4 is 0 Å². The van der Waals surface area contributed by atoms with Gasteiger partial charge in [-0.05, 0) is 18.6 Å². The maximum absolute atomic E-state index is 12.8. The largest absolute Gasteiger partial charge is 0.471 e. The molecule has 4 rings (SSSR count). The second-order valence-corrected chi connectivity index (χ2v) is 6.16. The Kier molecular flexibility index (Phi) is 3.94. The zero-order valence-corrected chi connectivity index (χ0v) is 14.1. The number of alkyl halides is 3. The lowest BCUT2D eigenvalue weighted by molar-refractivity contribution is -0.159. The molecule has 3 heterocycles. The quantitative estimate of drug-likeness (QED) is 0.696. The van der Waals surface area contributed by atoms with Crippen molar-refractivity contribution in [3.63, 3.8) is 0 Å². The minimum absolute atomic E-state index is 0.168. The molecule has 1 unspecified atom stereocenters. The Morgan fingerprint density at radius 3 is 2.63 bits per heavy atom. The Balaban J connectivity index is 1.63. The Hall–Kier alpha value is -3.23. The Morgan fingerprint density at radius 1 is 1.22 bits per heavy atom. The predicted octanol–water partition coefficient (Wildman–Crippen LogP) is 3.87. The number of benzene rings is 1. The molecule has 138 valence electrons. The average molecular weight is 374 g/mol. The first-order valence-electron chi connectivity index (χ1n) is 8.10. The van der Waals surface area contributed by atoms with Gasteiger partial charge in [0.1, 0.15) is 0 Å². The van der Waals surface area contributed by atoms with E-state index in [1.54, 1.807) is 4.90 Å². The van der Waals surface area contributed by atoms with E-state index in [2.05, 4.69) is 19.6 Å². The molecule has 6 nitrogen and oxygen atoms in total. The van der Waals surface area contributed by atoms with Crippen molar-refractivity contribution in [2.45, 2.75) is 25.7 Å². The summed E-state index contributed by atoms with van der Waals surface area (Å²) in [5, 5.41) is 3.33. The lowest BCUT2D eigenvalue weighted by atomic mass is 10.1. The summed E-state index contributed by atoms with van der Waals surface area (Å²) in [6.07, 6.45) is -3.39. The van der Waals surface area contributed by atoms with E-state index in [9.17, 15) is 18.0 Å². The molecular weight excluding hydrogens is 361 g/mol. The van der Waals surface area contributed by atoms with Gasteiger partial charge in [0.15, 0.2) is 0 Å². The highest BCUT2D eigenvalue weighted by atomic mass is 19.4.